The fourth-order valence-electron chi connectivity index (χ4n) is 2.70. The number of carbonyl (C=O) groups excluding carboxylic acids is 1. The summed E-state index contributed by atoms with van der Waals surface area (Å²) >= 11 is 0. The summed E-state index contributed by atoms with van der Waals surface area (Å²) < 4.78 is 10.9. The number of unbranched alkanes of at least 4 members (excludes halogenated alkanes) is 1. The molecule has 1 fully saturated rings. The van der Waals surface area contributed by atoms with Gasteiger partial charge in [-0.25, -0.2) is 4.79 Å². The van der Waals surface area contributed by atoms with Gasteiger partial charge in [-0.2, -0.15) is 0 Å². The van der Waals surface area contributed by atoms with E-state index in [-0.39, 0.29) is 5.97 Å². The quantitative estimate of drug-likeness (QED) is 0.569. The van der Waals surface area contributed by atoms with Gasteiger partial charge in [-0.15, -0.1) is 0 Å². The summed E-state index contributed by atoms with van der Waals surface area (Å²) in [6.45, 7) is 7.32. The van der Waals surface area contributed by atoms with Gasteiger partial charge in [-0.05, 0) is 50.5 Å². The van der Waals surface area contributed by atoms with Crippen molar-refractivity contribution >= 4 is 11.7 Å². The van der Waals surface area contributed by atoms with Gasteiger partial charge in [-0.1, -0.05) is 13.3 Å². The number of ether oxygens (including phenoxy) is 2. The van der Waals surface area contributed by atoms with Crippen molar-refractivity contribution in [1.82, 2.24) is 0 Å². The maximum Gasteiger partial charge on any atom is 0.338 e. The van der Waals surface area contributed by atoms with E-state index < -0.39 is 0 Å². The first-order chi connectivity index (χ1) is 10.7. The molecule has 1 aliphatic heterocycles. The summed E-state index contributed by atoms with van der Waals surface area (Å²) in [5.74, 6) is -0.253. The van der Waals surface area contributed by atoms with Crippen molar-refractivity contribution in [2.45, 2.75) is 45.6 Å². The van der Waals surface area contributed by atoms with Gasteiger partial charge in [0.2, 0.25) is 0 Å². The number of nitrogens with zero attached hydrogens (tertiary/aromatic N) is 1. The van der Waals surface area contributed by atoms with Gasteiger partial charge in [0, 0.05) is 25.4 Å². The van der Waals surface area contributed by atoms with Crippen LogP contribution in [0.1, 0.15) is 49.9 Å². The van der Waals surface area contributed by atoms with E-state index in [9.17, 15) is 4.79 Å². The van der Waals surface area contributed by atoms with Crippen molar-refractivity contribution in [3.63, 3.8) is 0 Å². The standard InChI is InChI=1S/C18H27NO3/c1-3-5-14-22-17-10-12-19(13-11-17)16-8-6-15(7-9-16)18(20)21-4-2/h6-9,17H,3-5,10-14H2,1-2H3. The van der Waals surface area contributed by atoms with Crippen LogP contribution in [-0.4, -0.2) is 38.4 Å². The van der Waals surface area contributed by atoms with E-state index in [0.29, 0.717) is 18.3 Å². The molecule has 1 aromatic carbocycles. The molecule has 0 spiro atoms. The molecule has 1 heterocycles. The molecule has 4 nitrogen and oxygen atoms in total. The Morgan fingerprint density at radius 3 is 2.45 bits per heavy atom. The zero-order valence-electron chi connectivity index (χ0n) is 13.7. The Hall–Kier alpha value is -1.55. The van der Waals surface area contributed by atoms with E-state index in [0.717, 1.165) is 39.0 Å². The van der Waals surface area contributed by atoms with Crippen molar-refractivity contribution in [3.05, 3.63) is 29.8 Å². The second-order valence-corrected chi connectivity index (χ2v) is 5.68. The minimum Gasteiger partial charge on any atom is -0.462 e. The lowest BCUT2D eigenvalue weighted by Crippen LogP contribution is -2.37. The van der Waals surface area contributed by atoms with Crippen LogP contribution in [0.2, 0.25) is 0 Å². The molecular formula is C18H27NO3. The molecule has 0 saturated carbocycles. The topological polar surface area (TPSA) is 38.8 Å². The van der Waals surface area contributed by atoms with Crippen LogP contribution >= 0.6 is 0 Å². The highest BCUT2D eigenvalue weighted by Crippen LogP contribution is 2.22. The monoisotopic (exact) mass is 305 g/mol. The van der Waals surface area contributed by atoms with E-state index >= 15 is 0 Å². The Kier molecular flexibility index (Phi) is 6.72. The van der Waals surface area contributed by atoms with Gasteiger partial charge >= 0.3 is 5.97 Å². The summed E-state index contributed by atoms with van der Waals surface area (Å²) in [5.41, 5.74) is 1.78. The molecule has 0 aromatic heterocycles. The van der Waals surface area contributed by atoms with E-state index in [1.54, 1.807) is 0 Å². The predicted octanol–water partition coefficient (Wildman–Crippen LogP) is 3.65. The maximum atomic E-state index is 11.6. The SMILES string of the molecule is CCCCOC1CCN(c2ccc(C(=O)OCC)cc2)CC1. The largest absolute Gasteiger partial charge is 0.462 e. The van der Waals surface area contributed by atoms with Crippen LogP contribution < -0.4 is 4.90 Å². The van der Waals surface area contributed by atoms with Crippen molar-refractivity contribution in [2.24, 2.45) is 0 Å². The first-order valence-corrected chi connectivity index (χ1v) is 8.38. The molecule has 0 atom stereocenters. The van der Waals surface area contributed by atoms with Gasteiger partial charge in [0.25, 0.3) is 0 Å². The summed E-state index contributed by atoms with van der Waals surface area (Å²) in [4.78, 5) is 14.0. The van der Waals surface area contributed by atoms with Gasteiger partial charge in [0.05, 0.1) is 18.3 Å². The van der Waals surface area contributed by atoms with Gasteiger partial charge < -0.3 is 14.4 Å². The second kappa shape index (κ2) is 8.79. The fraction of sp³-hybridized carbons (Fsp3) is 0.611. The second-order valence-electron chi connectivity index (χ2n) is 5.68. The lowest BCUT2D eigenvalue weighted by atomic mass is 10.1. The average molecular weight is 305 g/mol. The Morgan fingerprint density at radius 2 is 1.86 bits per heavy atom. The highest BCUT2D eigenvalue weighted by atomic mass is 16.5. The molecule has 0 bridgehead atoms. The average Bonchev–Trinajstić information content (AvgIpc) is 2.56. The summed E-state index contributed by atoms with van der Waals surface area (Å²) in [6, 6.07) is 7.70. The van der Waals surface area contributed by atoms with Crippen molar-refractivity contribution < 1.29 is 14.3 Å². The first kappa shape index (κ1) is 16.8. The van der Waals surface area contributed by atoms with Crippen LogP contribution in [0.3, 0.4) is 0 Å². The Balaban J connectivity index is 1.82. The number of benzene rings is 1. The van der Waals surface area contributed by atoms with Gasteiger partial charge in [0.1, 0.15) is 0 Å². The van der Waals surface area contributed by atoms with Crippen LogP contribution in [0.15, 0.2) is 24.3 Å². The molecule has 2 rings (SSSR count). The number of esters is 1. The molecule has 22 heavy (non-hydrogen) atoms. The van der Waals surface area contributed by atoms with Crippen LogP contribution in [0.5, 0.6) is 0 Å². The zero-order chi connectivity index (χ0) is 15.8. The van der Waals surface area contributed by atoms with Crippen LogP contribution in [0.4, 0.5) is 5.69 Å². The molecule has 0 unspecified atom stereocenters. The highest BCUT2D eigenvalue weighted by molar-refractivity contribution is 5.89. The maximum absolute atomic E-state index is 11.6. The Bertz CT molecular complexity index is 450. The molecule has 1 aromatic rings. The molecule has 1 aliphatic rings. The fourth-order valence-corrected chi connectivity index (χ4v) is 2.70. The van der Waals surface area contributed by atoms with E-state index in [1.807, 2.05) is 31.2 Å². The van der Waals surface area contributed by atoms with Crippen molar-refractivity contribution in [1.29, 1.82) is 0 Å². The number of anilines is 1. The van der Waals surface area contributed by atoms with E-state index in [1.165, 1.54) is 12.1 Å². The van der Waals surface area contributed by atoms with Crippen LogP contribution in [0, 0.1) is 0 Å². The first-order valence-electron chi connectivity index (χ1n) is 8.38. The molecule has 0 amide bonds. The summed E-state index contributed by atoms with van der Waals surface area (Å²) in [5, 5.41) is 0. The summed E-state index contributed by atoms with van der Waals surface area (Å²) in [6.07, 6.45) is 4.88. The number of rotatable bonds is 7. The number of hydrogen-bond acceptors (Lipinski definition) is 4. The molecule has 0 aliphatic carbocycles. The molecule has 1 saturated heterocycles. The molecule has 4 heteroatoms. The minimum atomic E-state index is -0.253. The van der Waals surface area contributed by atoms with Crippen LogP contribution in [0.25, 0.3) is 0 Å². The molecular weight excluding hydrogens is 278 g/mol. The third kappa shape index (κ3) is 4.73. The minimum absolute atomic E-state index is 0.253. The third-order valence-corrected chi connectivity index (χ3v) is 4.04. The number of carbonyl (C=O) groups is 1. The van der Waals surface area contributed by atoms with E-state index in [2.05, 4.69) is 11.8 Å². The molecule has 0 N–H and O–H groups in total. The number of piperidine rings is 1. The highest BCUT2D eigenvalue weighted by Gasteiger charge is 2.20. The smallest absolute Gasteiger partial charge is 0.338 e. The Morgan fingerprint density at radius 1 is 1.18 bits per heavy atom. The van der Waals surface area contributed by atoms with Crippen molar-refractivity contribution in [3.8, 4) is 0 Å². The predicted molar refractivity (Wildman–Crippen MR) is 88.5 cm³/mol. The normalized spacial score (nSPS) is 15.8. The van der Waals surface area contributed by atoms with Gasteiger partial charge in [-0.3, -0.25) is 0 Å². The van der Waals surface area contributed by atoms with E-state index in [4.69, 9.17) is 9.47 Å². The third-order valence-electron chi connectivity index (χ3n) is 4.04. The molecule has 0 radical (unpaired) electrons. The van der Waals surface area contributed by atoms with Crippen LogP contribution in [-0.2, 0) is 9.47 Å². The number of hydrogen-bond donors (Lipinski definition) is 0. The van der Waals surface area contributed by atoms with Gasteiger partial charge in [0.15, 0.2) is 0 Å². The molecule has 122 valence electrons. The lowest BCUT2D eigenvalue weighted by Gasteiger charge is -2.33. The van der Waals surface area contributed by atoms with Crippen molar-refractivity contribution in [2.75, 3.05) is 31.2 Å². The Labute approximate surface area is 133 Å². The summed E-state index contributed by atoms with van der Waals surface area (Å²) in [7, 11) is 0. The lowest BCUT2D eigenvalue weighted by molar-refractivity contribution is 0.0354. The zero-order valence-corrected chi connectivity index (χ0v) is 13.7.